The highest BCUT2D eigenvalue weighted by Crippen LogP contribution is 2.25. The van der Waals surface area contributed by atoms with Gasteiger partial charge in [-0.3, -0.25) is 0 Å². The first kappa shape index (κ1) is 14.9. The summed E-state index contributed by atoms with van der Waals surface area (Å²) in [5, 5.41) is 3.61. The van der Waals surface area contributed by atoms with E-state index in [1.165, 1.54) is 12.4 Å². The lowest BCUT2D eigenvalue weighted by atomic mass is 10.0. The van der Waals surface area contributed by atoms with Gasteiger partial charge in [0.05, 0.1) is 5.02 Å². The van der Waals surface area contributed by atoms with Gasteiger partial charge in [0.15, 0.2) is 0 Å². The Balaban J connectivity index is 2.21. The Kier molecular flexibility index (Phi) is 5.44. The fourth-order valence-corrected chi connectivity index (χ4v) is 2.25. The molecular formula is C15H17ClFN3. The predicted molar refractivity (Wildman–Crippen MR) is 78.2 cm³/mol. The minimum Gasteiger partial charge on any atom is -0.310 e. The highest BCUT2D eigenvalue weighted by Gasteiger charge is 2.15. The monoisotopic (exact) mass is 293 g/mol. The van der Waals surface area contributed by atoms with Crippen molar-refractivity contribution < 1.29 is 4.39 Å². The molecule has 0 amide bonds. The third kappa shape index (κ3) is 3.74. The quantitative estimate of drug-likeness (QED) is 0.885. The van der Waals surface area contributed by atoms with Crippen LogP contribution in [0.5, 0.6) is 0 Å². The van der Waals surface area contributed by atoms with Crippen LogP contribution >= 0.6 is 11.6 Å². The molecule has 1 N–H and O–H groups in total. The molecule has 1 heterocycles. The second kappa shape index (κ2) is 7.31. The molecule has 0 aliphatic carbocycles. The number of benzene rings is 1. The molecule has 2 aromatic rings. The van der Waals surface area contributed by atoms with Crippen LogP contribution in [-0.2, 0) is 6.42 Å². The Bertz CT molecular complexity index is 548. The number of aromatic nitrogens is 2. The molecule has 0 aliphatic heterocycles. The van der Waals surface area contributed by atoms with Gasteiger partial charge >= 0.3 is 0 Å². The van der Waals surface area contributed by atoms with Crippen LogP contribution in [-0.4, -0.2) is 16.5 Å². The Morgan fingerprint density at radius 2 is 2.05 bits per heavy atom. The second-order valence-corrected chi connectivity index (χ2v) is 4.97. The smallest absolute Gasteiger partial charge is 0.142 e. The average molecular weight is 294 g/mol. The SMILES string of the molecule is CCCNC(Cc1cccc(F)c1Cl)c1cncnc1. The summed E-state index contributed by atoms with van der Waals surface area (Å²) in [4.78, 5) is 8.07. The fourth-order valence-electron chi connectivity index (χ4n) is 2.04. The van der Waals surface area contributed by atoms with Crippen LogP contribution < -0.4 is 5.32 Å². The molecule has 2 rings (SSSR count). The van der Waals surface area contributed by atoms with Crippen molar-refractivity contribution >= 4 is 11.6 Å². The molecule has 20 heavy (non-hydrogen) atoms. The van der Waals surface area contributed by atoms with E-state index in [1.807, 2.05) is 6.07 Å². The Labute approximate surface area is 123 Å². The maximum atomic E-state index is 13.5. The van der Waals surface area contributed by atoms with Crippen molar-refractivity contribution in [3.63, 3.8) is 0 Å². The van der Waals surface area contributed by atoms with Crippen molar-refractivity contribution in [3.8, 4) is 0 Å². The van der Waals surface area contributed by atoms with Crippen LogP contribution in [0.25, 0.3) is 0 Å². The van der Waals surface area contributed by atoms with Gasteiger partial charge in [0.25, 0.3) is 0 Å². The number of nitrogens with one attached hydrogen (secondary N) is 1. The third-order valence-corrected chi connectivity index (χ3v) is 3.50. The van der Waals surface area contributed by atoms with E-state index in [-0.39, 0.29) is 16.9 Å². The molecule has 0 spiro atoms. The maximum Gasteiger partial charge on any atom is 0.142 e. The highest BCUT2D eigenvalue weighted by molar-refractivity contribution is 6.31. The van der Waals surface area contributed by atoms with E-state index in [0.29, 0.717) is 6.42 Å². The number of halogens is 2. The molecule has 0 fully saturated rings. The minimum atomic E-state index is -0.386. The summed E-state index contributed by atoms with van der Waals surface area (Å²) < 4.78 is 13.5. The van der Waals surface area contributed by atoms with E-state index in [2.05, 4.69) is 22.2 Å². The van der Waals surface area contributed by atoms with Gasteiger partial charge < -0.3 is 5.32 Å². The van der Waals surface area contributed by atoms with Crippen LogP contribution in [0.4, 0.5) is 4.39 Å². The number of nitrogens with zero attached hydrogens (tertiary/aromatic N) is 2. The van der Waals surface area contributed by atoms with Crippen LogP contribution in [0.2, 0.25) is 5.02 Å². The Hall–Kier alpha value is -1.52. The number of rotatable bonds is 6. The van der Waals surface area contributed by atoms with Crippen LogP contribution in [0.15, 0.2) is 36.9 Å². The summed E-state index contributed by atoms with van der Waals surface area (Å²) in [7, 11) is 0. The molecule has 0 radical (unpaired) electrons. The molecule has 106 valence electrons. The van der Waals surface area contributed by atoms with E-state index in [4.69, 9.17) is 11.6 Å². The molecule has 5 heteroatoms. The molecule has 0 saturated carbocycles. The third-order valence-electron chi connectivity index (χ3n) is 3.08. The van der Waals surface area contributed by atoms with Gasteiger partial charge in [-0.15, -0.1) is 0 Å². The number of hydrogen-bond donors (Lipinski definition) is 1. The van der Waals surface area contributed by atoms with Crippen molar-refractivity contribution in [2.75, 3.05) is 6.54 Å². The second-order valence-electron chi connectivity index (χ2n) is 4.60. The zero-order chi connectivity index (χ0) is 14.4. The molecule has 1 unspecified atom stereocenters. The van der Waals surface area contributed by atoms with Gasteiger partial charge in [-0.25, -0.2) is 14.4 Å². The van der Waals surface area contributed by atoms with E-state index in [1.54, 1.807) is 18.5 Å². The summed E-state index contributed by atoms with van der Waals surface area (Å²) in [6.07, 6.45) is 6.65. The lowest BCUT2D eigenvalue weighted by Gasteiger charge is -2.19. The van der Waals surface area contributed by atoms with E-state index < -0.39 is 0 Å². The van der Waals surface area contributed by atoms with Gasteiger partial charge in [-0.1, -0.05) is 30.7 Å². The summed E-state index contributed by atoms with van der Waals surface area (Å²) in [5.74, 6) is -0.386. The van der Waals surface area contributed by atoms with Gasteiger partial charge in [0.2, 0.25) is 0 Å². The fraction of sp³-hybridized carbons (Fsp3) is 0.333. The van der Waals surface area contributed by atoms with Crippen molar-refractivity contribution in [2.24, 2.45) is 0 Å². The van der Waals surface area contributed by atoms with Crippen molar-refractivity contribution in [3.05, 3.63) is 58.9 Å². The van der Waals surface area contributed by atoms with E-state index in [0.717, 1.165) is 24.1 Å². The van der Waals surface area contributed by atoms with Gasteiger partial charge in [-0.05, 0) is 31.0 Å². The lowest BCUT2D eigenvalue weighted by Crippen LogP contribution is -2.24. The zero-order valence-electron chi connectivity index (χ0n) is 11.3. The minimum absolute atomic E-state index is 0.0236. The van der Waals surface area contributed by atoms with E-state index in [9.17, 15) is 4.39 Å². The summed E-state index contributed by atoms with van der Waals surface area (Å²) in [6, 6.07) is 4.91. The normalized spacial score (nSPS) is 12.3. The first-order valence-corrected chi connectivity index (χ1v) is 7.01. The summed E-state index contributed by atoms with van der Waals surface area (Å²) in [5.41, 5.74) is 1.76. The lowest BCUT2D eigenvalue weighted by molar-refractivity contribution is 0.524. The first-order chi connectivity index (χ1) is 9.72. The van der Waals surface area contributed by atoms with Crippen LogP contribution in [0.3, 0.4) is 0 Å². The molecular weight excluding hydrogens is 277 g/mol. The maximum absolute atomic E-state index is 13.5. The van der Waals surface area contributed by atoms with Gasteiger partial charge in [0.1, 0.15) is 12.1 Å². The van der Waals surface area contributed by atoms with Crippen LogP contribution in [0, 0.1) is 5.82 Å². The molecule has 1 aromatic heterocycles. The van der Waals surface area contributed by atoms with Gasteiger partial charge in [0, 0.05) is 24.0 Å². The summed E-state index contributed by atoms with van der Waals surface area (Å²) in [6.45, 7) is 2.97. The average Bonchev–Trinajstić information content (AvgIpc) is 2.48. The van der Waals surface area contributed by atoms with E-state index >= 15 is 0 Å². The molecule has 0 saturated heterocycles. The molecule has 0 aliphatic rings. The van der Waals surface area contributed by atoms with Gasteiger partial charge in [-0.2, -0.15) is 0 Å². The van der Waals surface area contributed by atoms with Crippen molar-refractivity contribution in [1.82, 2.24) is 15.3 Å². The molecule has 1 aromatic carbocycles. The van der Waals surface area contributed by atoms with Crippen LogP contribution in [0.1, 0.15) is 30.5 Å². The molecule has 0 bridgehead atoms. The highest BCUT2D eigenvalue weighted by atomic mass is 35.5. The first-order valence-electron chi connectivity index (χ1n) is 6.63. The zero-order valence-corrected chi connectivity index (χ0v) is 12.1. The van der Waals surface area contributed by atoms with Crippen molar-refractivity contribution in [1.29, 1.82) is 0 Å². The standard InChI is InChI=1S/C15H17ClFN3/c1-2-6-20-14(12-8-18-10-19-9-12)7-11-4-3-5-13(17)15(11)16/h3-5,8-10,14,20H,2,6-7H2,1H3. The molecule has 3 nitrogen and oxygen atoms in total. The summed E-state index contributed by atoms with van der Waals surface area (Å²) >= 11 is 6.02. The predicted octanol–water partition coefficient (Wildman–Crippen LogP) is 3.55. The topological polar surface area (TPSA) is 37.8 Å². The van der Waals surface area contributed by atoms with Crippen molar-refractivity contribution in [2.45, 2.75) is 25.8 Å². The number of hydrogen-bond acceptors (Lipinski definition) is 3. The molecule has 1 atom stereocenters. The Morgan fingerprint density at radius 1 is 1.30 bits per heavy atom. The Morgan fingerprint density at radius 3 is 2.75 bits per heavy atom. The largest absolute Gasteiger partial charge is 0.310 e.